The Balaban J connectivity index is 1.76. The van der Waals surface area contributed by atoms with Gasteiger partial charge >= 0.3 is 5.97 Å². The van der Waals surface area contributed by atoms with Crippen molar-refractivity contribution in [1.29, 1.82) is 0 Å². The minimum Gasteiger partial charge on any atom is -0.461 e. The second-order valence-corrected chi connectivity index (χ2v) is 5.82. The van der Waals surface area contributed by atoms with Crippen molar-refractivity contribution in [3.05, 3.63) is 71.9 Å². The fourth-order valence-corrected chi connectivity index (χ4v) is 2.34. The van der Waals surface area contributed by atoms with Gasteiger partial charge in [0.25, 0.3) is 0 Å². The lowest BCUT2D eigenvalue weighted by Gasteiger charge is -2.12. The molecule has 6 heteroatoms. The van der Waals surface area contributed by atoms with Gasteiger partial charge in [-0.05, 0) is 36.8 Å². The molecule has 132 valence electrons. The maximum Gasteiger partial charge on any atom is 0.302 e. The van der Waals surface area contributed by atoms with Crippen molar-refractivity contribution in [3.63, 3.8) is 0 Å². The monoisotopic (exact) mass is 348 g/mol. The summed E-state index contributed by atoms with van der Waals surface area (Å²) in [7, 11) is 0. The van der Waals surface area contributed by atoms with Gasteiger partial charge < -0.3 is 15.4 Å². The number of ether oxygens (including phenoxy) is 1. The van der Waals surface area contributed by atoms with Gasteiger partial charge in [0.15, 0.2) is 0 Å². The number of nitrogens with one attached hydrogen (secondary N) is 2. The Kier molecular flexibility index (Phi) is 5.43. The van der Waals surface area contributed by atoms with Gasteiger partial charge in [0.05, 0.1) is 0 Å². The van der Waals surface area contributed by atoms with E-state index in [0.29, 0.717) is 11.8 Å². The lowest BCUT2D eigenvalue weighted by Crippen LogP contribution is -2.03. The molecule has 0 radical (unpaired) electrons. The van der Waals surface area contributed by atoms with Gasteiger partial charge in [-0.2, -0.15) is 4.98 Å². The van der Waals surface area contributed by atoms with Crippen molar-refractivity contribution in [2.45, 2.75) is 20.5 Å². The van der Waals surface area contributed by atoms with Crippen LogP contribution in [0, 0.1) is 6.92 Å². The van der Waals surface area contributed by atoms with E-state index in [1.807, 2.05) is 61.5 Å². The minimum atomic E-state index is -0.299. The number of hydrogen-bond donors (Lipinski definition) is 2. The van der Waals surface area contributed by atoms with Crippen LogP contribution < -0.4 is 10.6 Å². The molecule has 0 fully saturated rings. The standard InChI is InChI=1S/C20H20N4O2/c1-14-12-21-20(23-17-8-4-3-5-9-17)24-19(14)22-18-10-6-7-16(11-18)13-26-15(2)25/h3-12H,13H2,1-2H3,(H2,21,22,23,24). The summed E-state index contributed by atoms with van der Waals surface area (Å²) in [4.78, 5) is 19.8. The van der Waals surface area contributed by atoms with Gasteiger partial charge in [-0.1, -0.05) is 30.3 Å². The van der Waals surface area contributed by atoms with Crippen LogP contribution in [0.3, 0.4) is 0 Å². The van der Waals surface area contributed by atoms with Gasteiger partial charge in [-0.25, -0.2) is 4.98 Å². The first-order valence-corrected chi connectivity index (χ1v) is 8.25. The normalized spacial score (nSPS) is 10.2. The molecule has 3 rings (SSSR count). The molecule has 0 unspecified atom stereocenters. The topological polar surface area (TPSA) is 76.1 Å². The first-order valence-electron chi connectivity index (χ1n) is 8.25. The largest absolute Gasteiger partial charge is 0.461 e. The maximum absolute atomic E-state index is 11.0. The second-order valence-electron chi connectivity index (χ2n) is 5.82. The number of carbonyl (C=O) groups excluding carboxylic acids is 1. The molecule has 0 aliphatic heterocycles. The lowest BCUT2D eigenvalue weighted by molar-refractivity contribution is -0.142. The summed E-state index contributed by atoms with van der Waals surface area (Å²) in [5.41, 5.74) is 3.61. The highest BCUT2D eigenvalue weighted by Crippen LogP contribution is 2.21. The Bertz CT molecular complexity index is 897. The number of esters is 1. The summed E-state index contributed by atoms with van der Waals surface area (Å²) in [5, 5.41) is 6.48. The summed E-state index contributed by atoms with van der Waals surface area (Å²) in [6.07, 6.45) is 1.77. The number of hydrogen-bond acceptors (Lipinski definition) is 6. The molecule has 2 aromatic carbocycles. The first kappa shape index (κ1) is 17.4. The van der Waals surface area contributed by atoms with E-state index in [2.05, 4.69) is 20.6 Å². The Morgan fingerprint density at radius 2 is 1.81 bits per heavy atom. The van der Waals surface area contributed by atoms with E-state index in [4.69, 9.17) is 4.74 Å². The summed E-state index contributed by atoms with van der Waals surface area (Å²) >= 11 is 0. The van der Waals surface area contributed by atoms with Gasteiger partial charge in [0.2, 0.25) is 5.95 Å². The van der Waals surface area contributed by atoms with Crippen molar-refractivity contribution >= 4 is 29.1 Å². The zero-order chi connectivity index (χ0) is 18.4. The molecule has 0 amide bonds. The molecule has 0 spiro atoms. The van der Waals surface area contributed by atoms with Gasteiger partial charge in [0, 0.05) is 30.1 Å². The zero-order valence-electron chi connectivity index (χ0n) is 14.7. The van der Waals surface area contributed by atoms with Crippen LogP contribution in [0.5, 0.6) is 0 Å². The molecule has 0 aliphatic carbocycles. The SMILES string of the molecule is CC(=O)OCc1cccc(Nc2nc(Nc3ccccc3)ncc2C)c1. The third-order valence-electron chi connectivity index (χ3n) is 3.63. The average molecular weight is 348 g/mol. The van der Waals surface area contributed by atoms with Crippen molar-refractivity contribution in [2.75, 3.05) is 10.6 Å². The van der Waals surface area contributed by atoms with Gasteiger partial charge in [0.1, 0.15) is 12.4 Å². The maximum atomic E-state index is 11.0. The summed E-state index contributed by atoms with van der Waals surface area (Å²) in [5.74, 6) is 0.926. The number of rotatable bonds is 6. The molecule has 3 aromatic rings. The van der Waals surface area contributed by atoms with E-state index < -0.39 is 0 Å². The van der Waals surface area contributed by atoms with Crippen molar-refractivity contribution in [1.82, 2.24) is 9.97 Å². The summed E-state index contributed by atoms with van der Waals surface area (Å²) in [6.45, 7) is 3.58. The number of aromatic nitrogens is 2. The van der Waals surface area contributed by atoms with Crippen molar-refractivity contribution in [3.8, 4) is 0 Å². The highest BCUT2D eigenvalue weighted by molar-refractivity contribution is 5.66. The van der Waals surface area contributed by atoms with Crippen LogP contribution in [0.4, 0.5) is 23.1 Å². The number of aryl methyl sites for hydroxylation is 1. The van der Waals surface area contributed by atoms with Crippen molar-refractivity contribution in [2.24, 2.45) is 0 Å². The number of nitrogens with zero attached hydrogens (tertiary/aromatic N) is 2. The van der Waals surface area contributed by atoms with Crippen LogP contribution >= 0.6 is 0 Å². The number of anilines is 4. The Morgan fingerprint density at radius 1 is 1.04 bits per heavy atom. The highest BCUT2D eigenvalue weighted by Gasteiger charge is 2.06. The molecule has 0 aliphatic rings. The van der Waals surface area contributed by atoms with E-state index in [1.165, 1.54) is 6.92 Å². The molecule has 0 bridgehead atoms. The molecular weight excluding hydrogens is 328 g/mol. The van der Waals surface area contributed by atoms with E-state index in [1.54, 1.807) is 6.20 Å². The molecule has 0 saturated carbocycles. The van der Waals surface area contributed by atoms with E-state index >= 15 is 0 Å². The lowest BCUT2D eigenvalue weighted by atomic mass is 10.2. The first-order chi connectivity index (χ1) is 12.6. The molecule has 6 nitrogen and oxygen atoms in total. The highest BCUT2D eigenvalue weighted by atomic mass is 16.5. The Hall–Kier alpha value is -3.41. The van der Waals surface area contributed by atoms with E-state index in [-0.39, 0.29) is 12.6 Å². The Morgan fingerprint density at radius 3 is 2.58 bits per heavy atom. The average Bonchev–Trinajstić information content (AvgIpc) is 2.64. The van der Waals surface area contributed by atoms with Gasteiger partial charge in [-0.15, -0.1) is 0 Å². The molecule has 1 aromatic heterocycles. The second kappa shape index (κ2) is 8.11. The van der Waals surface area contributed by atoms with Crippen LogP contribution in [0.15, 0.2) is 60.8 Å². The quantitative estimate of drug-likeness (QED) is 0.646. The number of para-hydroxylation sites is 1. The third kappa shape index (κ3) is 4.80. The van der Waals surface area contributed by atoms with Crippen LogP contribution in [0.25, 0.3) is 0 Å². The van der Waals surface area contributed by atoms with Gasteiger partial charge in [-0.3, -0.25) is 4.79 Å². The Labute approximate surface area is 152 Å². The van der Waals surface area contributed by atoms with Crippen LogP contribution in [0.1, 0.15) is 18.1 Å². The third-order valence-corrected chi connectivity index (χ3v) is 3.63. The smallest absolute Gasteiger partial charge is 0.302 e. The molecule has 0 atom stereocenters. The minimum absolute atomic E-state index is 0.244. The fourth-order valence-electron chi connectivity index (χ4n) is 2.34. The predicted molar refractivity (Wildman–Crippen MR) is 102 cm³/mol. The zero-order valence-corrected chi connectivity index (χ0v) is 14.7. The number of benzene rings is 2. The summed E-state index contributed by atoms with van der Waals surface area (Å²) < 4.78 is 5.04. The predicted octanol–water partition coefficient (Wildman–Crippen LogP) is 4.34. The number of carbonyl (C=O) groups is 1. The van der Waals surface area contributed by atoms with E-state index in [9.17, 15) is 4.79 Å². The summed E-state index contributed by atoms with van der Waals surface area (Å²) in [6, 6.07) is 17.4. The van der Waals surface area contributed by atoms with Crippen LogP contribution in [-0.4, -0.2) is 15.9 Å². The fraction of sp³-hybridized carbons (Fsp3) is 0.150. The molecular formula is C20H20N4O2. The van der Waals surface area contributed by atoms with Crippen LogP contribution in [-0.2, 0) is 16.1 Å². The van der Waals surface area contributed by atoms with E-state index in [0.717, 1.165) is 22.5 Å². The molecule has 2 N–H and O–H groups in total. The molecule has 0 saturated heterocycles. The van der Waals surface area contributed by atoms with Crippen LogP contribution in [0.2, 0.25) is 0 Å². The van der Waals surface area contributed by atoms with Crippen molar-refractivity contribution < 1.29 is 9.53 Å². The molecule has 26 heavy (non-hydrogen) atoms. The molecule has 1 heterocycles.